The molecule has 2 rings (SSSR count). The van der Waals surface area contributed by atoms with Crippen molar-refractivity contribution in [2.24, 2.45) is 11.1 Å². The zero-order valence-electron chi connectivity index (χ0n) is 9.71. The minimum atomic E-state index is 0.201. The number of hydrogen-bond acceptors (Lipinski definition) is 3. The lowest BCUT2D eigenvalue weighted by atomic mass is 9.77. The van der Waals surface area contributed by atoms with Gasteiger partial charge in [-0.05, 0) is 39.0 Å². The van der Waals surface area contributed by atoms with E-state index in [-0.39, 0.29) is 5.41 Å². The fourth-order valence-corrected chi connectivity index (χ4v) is 2.83. The summed E-state index contributed by atoms with van der Waals surface area (Å²) < 4.78 is 11.5. The second kappa shape index (κ2) is 4.81. The van der Waals surface area contributed by atoms with E-state index in [0.717, 1.165) is 32.6 Å². The molecule has 0 radical (unpaired) electrons. The maximum atomic E-state index is 5.92. The normalized spacial score (nSPS) is 42.0. The van der Waals surface area contributed by atoms with Gasteiger partial charge in [0.2, 0.25) is 0 Å². The van der Waals surface area contributed by atoms with Gasteiger partial charge in [-0.1, -0.05) is 0 Å². The first-order valence-corrected chi connectivity index (χ1v) is 6.17. The molecule has 0 saturated carbocycles. The third-order valence-corrected chi connectivity index (χ3v) is 3.82. The molecule has 2 N–H and O–H groups in total. The quantitative estimate of drug-likeness (QED) is 0.776. The lowest BCUT2D eigenvalue weighted by Gasteiger charge is -2.37. The number of rotatable bonds is 3. The smallest absolute Gasteiger partial charge is 0.0586 e. The predicted molar refractivity (Wildman–Crippen MR) is 59.7 cm³/mol. The molecular weight excluding hydrogens is 190 g/mol. The molecule has 0 bridgehead atoms. The molecule has 3 heteroatoms. The van der Waals surface area contributed by atoms with Crippen molar-refractivity contribution in [3.63, 3.8) is 0 Å². The highest BCUT2D eigenvalue weighted by Gasteiger charge is 2.36. The lowest BCUT2D eigenvalue weighted by molar-refractivity contribution is -0.0439. The summed E-state index contributed by atoms with van der Waals surface area (Å²) in [5, 5.41) is 0. The molecule has 0 aromatic heterocycles. The molecule has 0 aromatic rings. The van der Waals surface area contributed by atoms with E-state index in [1.807, 2.05) is 0 Å². The molecule has 0 aliphatic carbocycles. The Morgan fingerprint density at radius 2 is 2.27 bits per heavy atom. The monoisotopic (exact) mass is 213 g/mol. The summed E-state index contributed by atoms with van der Waals surface area (Å²) >= 11 is 0. The van der Waals surface area contributed by atoms with Crippen LogP contribution in [0.5, 0.6) is 0 Å². The van der Waals surface area contributed by atoms with Gasteiger partial charge in [-0.15, -0.1) is 0 Å². The Morgan fingerprint density at radius 3 is 2.80 bits per heavy atom. The summed E-state index contributed by atoms with van der Waals surface area (Å²) in [6, 6.07) is 0. The molecule has 2 aliphatic rings. The zero-order valence-corrected chi connectivity index (χ0v) is 9.71. The first kappa shape index (κ1) is 11.4. The van der Waals surface area contributed by atoms with Crippen LogP contribution in [-0.4, -0.2) is 32.0 Å². The Hall–Kier alpha value is -0.120. The first-order chi connectivity index (χ1) is 7.24. The molecule has 15 heavy (non-hydrogen) atoms. The molecule has 0 aromatic carbocycles. The fourth-order valence-electron chi connectivity index (χ4n) is 2.83. The molecule has 3 unspecified atom stereocenters. The van der Waals surface area contributed by atoms with E-state index in [0.29, 0.717) is 12.2 Å². The summed E-state index contributed by atoms with van der Waals surface area (Å²) in [6.07, 6.45) is 6.71. The molecule has 2 aliphatic heterocycles. The van der Waals surface area contributed by atoms with Crippen LogP contribution in [0, 0.1) is 5.41 Å². The average molecular weight is 213 g/mol. The Morgan fingerprint density at radius 1 is 1.40 bits per heavy atom. The van der Waals surface area contributed by atoms with Crippen LogP contribution in [0.25, 0.3) is 0 Å². The van der Waals surface area contributed by atoms with E-state index in [2.05, 4.69) is 6.92 Å². The van der Waals surface area contributed by atoms with E-state index in [1.165, 1.54) is 19.3 Å². The molecule has 0 spiro atoms. The third-order valence-electron chi connectivity index (χ3n) is 3.82. The molecular formula is C12H23NO2. The molecule has 0 amide bonds. The highest BCUT2D eigenvalue weighted by atomic mass is 16.5. The van der Waals surface area contributed by atoms with Gasteiger partial charge in [-0.25, -0.2) is 0 Å². The third kappa shape index (κ3) is 2.71. The van der Waals surface area contributed by atoms with Crippen LogP contribution in [0.2, 0.25) is 0 Å². The van der Waals surface area contributed by atoms with E-state index in [4.69, 9.17) is 15.2 Å². The van der Waals surface area contributed by atoms with Gasteiger partial charge in [0.25, 0.3) is 0 Å². The highest BCUT2D eigenvalue weighted by Crippen LogP contribution is 2.36. The van der Waals surface area contributed by atoms with E-state index in [1.54, 1.807) is 0 Å². The molecule has 3 nitrogen and oxygen atoms in total. The molecule has 2 saturated heterocycles. The lowest BCUT2D eigenvalue weighted by Crippen LogP contribution is -2.41. The van der Waals surface area contributed by atoms with Gasteiger partial charge in [-0.3, -0.25) is 0 Å². The van der Waals surface area contributed by atoms with Crippen LogP contribution in [0.15, 0.2) is 0 Å². The largest absolute Gasteiger partial charge is 0.381 e. The Kier molecular flexibility index (Phi) is 3.65. The van der Waals surface area contributed by atoms with E-state index < -0.39 is 0 Å². The number of ether oxygens (including phenoxy) is 2. The van der Waals surface area contributed by atoms with Crippen molar-refractivity contribution in [3.8, 4) is 0 Å². The highest BCUT2D eigenvalue weighted by molar-refractivity contribution is 4.87. The Bertz CT molecular complexity index is 202. The van der Waals surface area contributed by atoms with Crippen molar-refractivity contribution in [2.45, 2.75) is 51.2 Å². The predicted octanol–water partition coefficient (Wildman–Crippen LogP) is 1.70. The summed E-state index contributed by atoms with van der Waals surface area (Å²) in [5.74, 6) is 0. The van der Waals surface area contributed by atoms with Crippen molar-refractivity contribution in [2.75, 3.05) is 19.8 Å². The SMILES string of the molecule is CC1CCC(CC2(CN)CCCOC2)O1. The van der Waals surface area contributed by atoms with Crippen LogP contribution in [0.1, 0.15) is 39.0 Å². The minimum Gasteiger partial charge on any atom is -0.381 e. The number of nitrogens with two attached hydrogens (primary N) is 1. The van der Waals surface area contributed by atoms with Crippen molar-refractivity contribution >= 4 is 0 Å². The van der Waals surface area contributed by atoms with Gasteiger partial charge < -0.3 is 15.2 Å². The van der Waals surface area contributed by atoms with Crippen molar-refractivity contribution in [1.82, 2.24) is 0 Å². The van der Waals surface area contributed by atoms with E-state index >= 15 is 0 Å². The van der Waals surface area contributed by atoms with Crippen LogP contribution in [-0.2, 0) is 9.47 Å². The van der Waals surface area contributed by atoms with Crippen molar-refractivity contribution in [3.05, 3.63) is 0 Å². The van der Waals surface area contributed by atoms with E-state index in [9.17, 15) is 0 Å². The fraction of sp³-hybridized carbons (Fsp3) is 1.00. The van der Waals surface area contributed by atoms with Crippen molar-refractivity contribution in [1.29, 1.82) is 0 Å². The van der Waals surface area contributed by atoms with Gasteiger partial charge in [0.05, 0.1) is 18.8 Å². The topological polar surface area (TPSA) is 44.5 Å². The maximum absolute atomic E-state index is 5.92. The van der Waals surface area contributed by atoms with Crippen LogP contribution in [0.4, 0.5) is 0 Å². The molecule has 88 valence electrons. The standard InChI is InChI=1S/C12H23NO2/c1-10-3-4-11(15-10)7-12(8-13)5-2-6-14-9-12/h10-11H,2-9,13H2,1H3. The van der Waals surface area contributed by atoms with Gasteiger partial charge in [0.15, 0.2) is 0 Å². The maximum Gasteiger partial charge on any atom is 0.0586 e. The van der Waals surface area contributed by atoms with Gasteiger partial charge in [-0.2, -0.15) is 0 Å². The van der Waals surface area contributed by atoms with Crippen molar-refractivity contribution < 1.29 is 9.47 Å². The van der Waals surface area contributed by atoms with Gasteiger partial charge >= 0.3 is 0 Å². The first-order valence-electron chi connectivity index (χ1n) is 6.17. The Labute approximate surface area is 92.3 Å². The summed E-state index contributed by atoms with van der Waals surface area (Å²) in [5.41, 5.74) is 6.12. The second-order valence-corrected chi connectivity index (χ2v) is 5.21. The van der Waals surface area contributed by atoms with Gasteiger partial charge in [0.1, 0.15) is 0 Å². The second-order valence-electron chi connectivity index (χ2n) is 5.21. The average Bonchev–Trinajstić information content (AvgIpc) is 2.65. The van der Waals surface area contributed by atoms with Gasteiger partial charge in [0, 0.05) is 18.6 Å². The molecule has 2 fully saturated rings. The summed E-state index contributed by atoms with van der Waals surface area (Å²) in [7, 11) is 0. The van der Waals surface area contributed by atoms with Crippen LogP contribution < -0.4 is 5.73 Å². The minimum absolute atomic E-state index is 0.201. The molecule has 3 atom stereocenters. The Balaban J connectivity index is 1.89. The zero-order chi connectivity index (χ0) is 10.7. The molecule has 2 heterocycles. The summed E-state index contributed by atoms with van der Waals surface area (Å²) in [4.78, 5) is 0. The van der Waals surface area contributed by atoms with Crippen LogP contribution in [0.3, 0.4) is 0 Å². The van der Waals surface area contributed by atoms with Crippen LogP contribution >= 0.6 is 0 Å². The number of hydrogen-bond donors (Lipinski definition) is 1. The summed E-state index contributed by atoms with van der Waals surface area (Å²) in [6.45, 7) is 4.63.